The summed E-state index contributed by atoms with van der Waals surface area (Å²) < 4.78 is 48.2. The van der Waals surface area contributed by atoms with Gasteiger partial charge in [0.2, 0.25) is 0 Å². The van der Waals surface area contributed by atoms with Crippen LogP contribution in [0.15, 0.2) is 18.2 Å². The van der Waals surface area contributed by atoms with E-state index in [2.05, 4.69) is 0 Å². The standard InChI is InChI=1S/C13H13F3O3/c14-13(15,16)11-2-1-10(6-17)12(5-11)19-8-9-3-4-18-7-9/h1-2,5-6,9H,3-4,7-8H2. The lowest BCUT2D eigenvalue weighted by atomic mass is 10.1. The zero-order valence-electron chi connectivity index (χ0n) is 10.1. The third kappa shape index (κ3) is 3.47. The van der Waals surface area contributed by atoms with Gasteiger partial charge in [-0.1, -0.05) is 0 Å². The molecule has 1 fully saturated rings. The predicted octanol–water partition coefficient (Wildman–Crippen LogP) is 2.93. The molecule has 1 heterocycles. The number of halogens is 3. The van der Waals surface area contributed by atoms with Gasteiger partial charge < -0.3 is 9.47 Å². The number of aldehydes is 1. The Morgan fingerprint density at radius 3 is 2.79 bits per heavy atom. The fourth-order valence-corrected chi connectivity index (χ4v) is 1.86. The van der Waals surface area contributed by atoms with Crippen LogP contribution < -0.4 is 4.74 Å². The molecule has 0 aromatic heterocycles. The van der Waals surface area contributed by atoms with E-state index in [1.807, 2.05) is 0 Å². The minimum Gasteiger partial charge on any atom is -0.492 e. The Bertz CT molecular complexity index is 451. The van der Waals surface area contributed by atoms with Gasteiger partial charge >= 0.3 is 6.18 Å². The van der Waals surface area contributed by atoms with Crippen LogP contribution in [0.1, 0.15) is 22.3 Å². The molecule has 1 saturated heterocycles. The molecular formula is C13H13F3O3. The highest BCUT2D eigenvalue weighted by molar-refractivity contribution is 5.79. The van der Waals surface area contributed by atoms with E-state index in [0.717, 1.165) is 24.6 Å². The molecule has 6 heteroatoms. The van der Waals surface area contributed by atoms with Crippen molar-refractivity contribution in [1.29, 1.82) is 0 Å². The molecule has 0 amide bonds. The summed E-state index contributed by atoms with van der Waals surface area (Å²) >= 11 is 0. The van der Waals surface area contributed by atoms with Crippen LogP contribution in [-0.4, -0.2) is 26.1 Å². The lowest BCUT2D eigenvalue weighted by molar-refractivity contribution is -0.137. The first kappa shape index (κ1) is 13.9. The zero-order chi connectivity index (χ0) is 13.9. The van der Waals surface area contributed by atoms with Crippen LogP contribution in [0.4, 0.5) is 13.2 Å². The fourth-order valence-electron chi connectivity index (χ4n) is 1.86. The van der Waals surface area contributed by atoms with Crippen LogP contribution in [0.3, 0.4) is 0 Å². The molecule has 1 atom stereocenters. The summed E-state index contributed by atoms with van der Waals surface area (Å²) in [5.74, 6) is 0.130. The topological polar surface area (TPSA) is 35.5 Å². The molecule has 0 aliphatic carbocycles. The summed E-state index contributed by atoms with van der Waals surface area (Å²) in [4.78, 5) is 10.8. The van der Waals surface area contributed by atoms with Crippen LogP contribution in [0.25, 0.3) is 0 Å². The number of carbonyl (C=O) groups is 1. The maximum Gasteiger partial charge on any atom is 0.416 e. The Balaban J connectivity index is 2.13. The van der Waals surface area contributed by atoms with E-state index in [1.165, 1.54) is 0 Å². The quantitative estimate of drug-likeness (QED) is 0.792. The van der Waals surface area contributed by atoms with Gasteiger partial charge in [-0.15, -0.1) is 0 Å². The Morgan fingerprint density at radius 2 is 2.21 bits per heavy atom. The second-order valence-electron chi connectivity index (χ2n) is 4.41. The summed E-state index contributed by atoms with van der Waals surface area (Å²) in [5.41, 5.74) is -0.706. The molecule has 19 heavy (non-hydrogen) atoms. The molecule has 3 nitrogen and oxygen atoms in total. The van der Waals surface area contributed by atoms with Gasteiger partial charge in [-0.3, -0.25) is 4.79 Å². The lowest BCUT2D eigenvalue weighted by Crippen LogP contribution is -2.13. The highest BCUT2D eigenvalue weighted by Crippen LogP contribution is 2.33. The van der Waals surface area contributed by atoms with Gasteiger partial charge in [-0.05, 0) is 24.6 Å². The average molecular weight is 274 g/mol. The van der Waals surface area contributed by atoms with Crippen LogP contribution >= 0.6 is 0 Å². The largest absolute Gasteiger partial charge is 0.492 e. The van der Waals surface area contributed by atoms with Crippen molar-refractivity contribution in [3.8, 4) is 5.75 Å². The maximum absolute atomic E-state index is 12.6. The van der Waals surface area contributed by atoms with Crippen LogP contribution in [-0.2, 0) is 10.9 Å². The predicted molar refractivity (Wildman–Crippen MR) is 61.3 cm³/mol. The maximum atomic E-state index is 12.6. The first-order chi connectivity index (χ1) is 9.00. The van der Waals surface area contributed by atoms with Gasteiger partial charge in [0.15, 0.2) is 6.29 Å². The van der Waals surface area contributed by atoms with Crippen LogP contribution in [0.2, 0.25) is 0 Å². The SMILES string of the molecule is O=Cc1ccc(C(F)(F)F)cc1OCC1CCOC1. The lowest BCUT2D eigenvalue weighted by Gasteiger charge is -2.14. The molecule has 1 aliphatic rings. The van der Waals surface area contributed by atoms with Gasteiger partial charge in [0.05, 0.1) is 24.3 Å². The minimum absolute atomic E-state index is 0.0308. The number of hydrogen-bond acceptors (Lipinski definition) is 3. The molecule has 0 spiro atoms. The van der Waals surface area contributed by atoms with Crippen molar-refractivity contribution >= 4 is 6.29 Å². The van der Waals surface area contributed by atoms with Crippen molar-refractivity contribution in [3.05, 3.63) is 29.3 Å². The molecule has 0 N–H and O–H groups in total. The number of hydrogen-bond donors (Lipinski definition) is 0. The van der Waals surface area contributed by atoms with Gasteiger partial charge in [0, 0.05) is 12.5 Å². The van der Waals surface area contributed by atoms with Gasteiger partial charge in [0.1, 0.15) is 5.75 Å². The van der Waals surface area contributed by atoms with Crippen molar-refractivity contribution in [2.75, 3.05) is 19.8 Å². The first-order valence-corrected chi connectivity index (χ1v) is 5.87. The fraction of sp³-hybridized carbons (Fsp3) is 0.462. The highest BCUT2D eigenvalue weighted by Gasteiger charge is 2.31. The van der Waals surface area contributed by atoms with E-state index in [9.17, 15) is 18.0 Å². The van der Waals surface area contributed by atoms with E-state index in [1.54, 1.807) is 0 Å². The number of alkyl halides is 3. The summed E-state index contributed by atoms with van der Waals surface area (Å²) in [6.07, 6.45) is -3.15. The third-order valence-corrected chi connectivity index (χ3v) is 2.97. The summed E-state index contributed by atoms with van der Waals surface area (Å²) in [6.45, 7) is 1.43. The Morgan fingerprint density at radius 1 is 1.42 bits per heavy atom. The normalized spacial score (nSPS) is 19.4. The van der Waals surface area contributed by atoms with Crippen molar-refractivity contribution in [2.24, 2.45) is 5.92 Å². The zero-order valence-corrected chi connectivity index (χ0v) is 10.1. The Kier molecular flexibility index (Phi) is 4.09. The molecule has 0 bridgehead atoms. The number of carbonyl (C=O) groups excluding carboxylic acids is 1. The molecule has 2 rings (SSSR count). The molecule has 0 radical (unpaired) electrons. The Labute approximate surface area is 108 Å². The van der Waals surface area contributed by atoms with Crippen molar-refractivity contribution in [1.82, 2.24) is 0 Å². The monoisotopic (exact) mass is 274 g/mol. The second kappa shape index (κ2) is 5.61. The molecule has 1 aliphatic heterocycles. The minimum atomic E-state index is -4.45. The summed E-state index contributed by atoms with van der Waals surface area (Å²) in [7, 11) is 0. The van der Waals surface area contributed by atoms with Crippen LogP contribution in [0, 0.1) is 5.92 Å². The first-order valence-electron chi connectivity index (χ1n) is 5.87. The van der Waals surface area contributed by atoms with Gasteiger partial charge in [0.25, 0.3) is 0 Å². The summed E-state index contributed by atoms with van der Waals surface area (Å²) in [6, 6.07) is 2.85. The van der Waals surface area contributed by atoms with Crippen molar-refractivity contribution in [3.63, 3.8) is 0 Å². The van der Waals surface area contributed by atoms with Crippen molar-refractivity contribution < 1.29 is 27.4 Å². The van der Waals surface area contributed by atoms with Crippen LogP contribution in [0.5, 0.6) is 5.75 Å². The molecule has 1 aromatic carbocycles. The number of ether oxygens (including phenoxy) is 2. The summed E-state index contributed by atoms with van der Waals surface area (Å²) in [5, 5.41) is 0. The van der Waals surface area contributed by atoms with E-state index in [4.69, 9.17) is 9.47 Å². The Hall–Kier alpha value is -1.56. The smallest absolute Gasteiger partial charge is 0.416 e. The molecule has 0 saturated carbocycles. The van der Waals surface area contributed by atoms with Gasteiger partial charge in [-0.25, -0.2) is 0 Å². The third-order valence-electron chi connectivity index (χ3n) is 2.97. The van der Waals surface area contributed by atoms with E-state index in [-0.39, 0.29) is 23.8 Å². The van der Waals surface area contributed by atoms with E-state index >= 15 is 0 Å². The van der Waals surface area contributed by atoms with Gasteiger partial charge in [-0.2, -0.15) is 13.2 Å². The number of rotatable bonds is 4. The highest BCUT2D eigenvalue weighted by atomic mass is 19.4. The second-order valence-corrected chi connectivity index (χ2v) is 4.41. The molecule has 1 unspecified atom stereocenters. The molecular weight excluding hydrogens is 261 g/mol. The number of benzene rings is 1. The van der Waals surface area contributed by atoms with Crippen molar-refractivity contribution in [2.45, 2.75) is 12.6 Å². The molecule has 104 valence electrons. The average Bonchev–Trinajstić information content (AvgIpc) is 2.88. The molecule has 1 aromatic rings. The van der Waals surface area contributed by atoms with E-state index < -0.39 is 11.7 Å². The van der Waals surface area contributed by atoms with E-state index in [0.29, 0.717) is 19.5 Å².